The fourth-order valence-corrected chi connectivity index (χ4v) is 3.20. The maximum Gasteiger partial charge on any atom is 0.180 e. The average Bonchev–Trinajstić information content (AvgIpc) is 3.39. The molecule has 0 aliphatic carbocycles. The first-order valence-corrected chi connectivity index (χ1v) is 9.51. The molecule has 0 amide bonds. The van der Waals surface area contributed by atoms with Crippen LogP contribution in [-0.4, -0.2) is 35.4 Å². The second kappa shape index (κ2) is 7.72. The Morgan fingerprint density at radius 3 is 2.39 bits per heavy atom. The van der Waals surface area contributed by atoms with Gasteiger partial charge in [-0.05, 0) is 27.1 Å². The Bertz CT molecular complexity index is 1050. The lowest BCUT2D eigenvalue weighted by atomic mass is 9.98. The van der Waals surface area contributed by atoms with Crippen molar-refractivity contribution in [3.63, 3.8) is 0 Å². The maximum atomic E-state index is 4.68. The van der Waals surface area contributed by atoms with Gasteiger partial charge in [0, 0.05) is 17.9 Å². The van der Waals surface area contributed by atoms with E-state index in [2.05, 4.69) is 81.8 Å². The van der Waals surface area contributed by atoms with E-state index in [1.807, 2.05) is 22.9 Å². The van der Waals surface area contributed by atoms with Crippen LogP contribution in [0.3, 0.4) is 0 Å². The molecule has 0 aliphatic rings. The molecule has 4 rings (SSSR count). The molecule has 4 aromatic rings. The van der Waals surface area contributed by atoms with Crippen molar-refractivity contribution in [2.24, 2.45) is 0 Å². The van der Waals surface area contributed by atoms with Gasteiger partial charge >= 0.3 is 0 Å². The summed E-state index contributed by atoms with van der Waals surface area (Å²) in [6.07, 6.45) is 0.871. The van der Waals surface area contributed by atoms with Gasteiger partial charge in [0.15, 0.2) is 11.6 Å². The quantitative estimate of drug-likeness (QED) is 0.555. The van der Waals surface area contributed by atoms with Gasteiger partial charge in [-0.15, -0.1) is 5.10 Å². The average molecular weight is 373 g/mol. The summed E-state index contributed by atoms with van der Waals surface area (Å²) in [5.74, 6) is 2.92. The molecule has 0 radical (unpaired) electrons. The minimum Gasteiger partial charge on any atom is -0.245 e. The standard InChI is InChI=1S/C21H23N7/c1-4-19-22-20(14(2)3)25-28(19)13-15-9-11-16(12-10-15)17-7-5-6-8-18(17)21-23-26-27-24-21/h5-12,14H,4,13H2,1-3H3,(H,23,24,26,27). The summed E-state index contributed by atoms with van der Waals surface area (Å²) in [5.41, 5.74) is 4.38. The van der Waals surface area contributed by atoms with Crippen LogP contribution in [0.5, 0.6) is 0 Å². The first kappa shape index (κ1) is 18.0. The van der Waals surface area contributed by atoms with Gasteiger partial charge in [-0.3, -0.25) is 0 Å². The molecule has 1 N–H and O–H groups in total. The Kier molecular flexibility index (Phi) is 4.97. The smallest absolute Gasteiger partial charge is 0.180 e. The van der Waals surface area contributed by atoms with Gasteiger partial charge in [0.1, 0.15) is 5.82 Å². The molecule has 0 aliphatic heterocycles. The largest absolute Gasteiger partial charge is 0.245 e. The normalized spacial score (nSPS) is 11.3. The van der Waals surface area contributed by atoms with Crippen molar-refractivity contribution in [2.75, 3.05) is 0 Å². The molecular formula is C21H23N7. The molecule has 0 fully saturated rings. The van der Waals surface area contributed by atoms with Crippen LogP contribution in [0.25, 0.3) is 22.5 Å². The molecule has 28 heavy (non-hydrogen) atoms. The molecule has 2 heterocycles. The summed E-state index contributed by atoms with van der Waals surface area (Å²) in [4.78, 5) is 4.66. The highest BCUT2D eigenvalue weighted by Gasteiger charge is 2.13. The van der Waals surface area contributed by atoms with Crippen molar-refractivity contribution in [1.82, 2.24) is 35.4 Å². The van der Waals surface area contributed by atoms with E-state index in [9.17, 15) is 0 Å². The van der Waals surface area contributed by atoms with Gasteiger partial charge in [-0.1, -0.05) is 69.3 Å². The molecule has 0 spiro atoms. The van der Waals surface area contributed by atoms with Crippen LogP contribution in [0.15, 0.2) is 48.5 Å². The third kappa shape index (κ3) is 3.55. The van der Waals surface area contributed by atoms with Gasteiger partial charge < -0.3 is 0 Å². The summed E-state index contributed by atoms with van der Waals surface area (Å²) < 4.78 is 2.01. The zero-order valence-electron chi connectivity index (χ0n) is 16.3. The predicted molar refractivity (Wildman–Crippen MR) is 108 cm³/mol. The Morgan fingerprint density at radius 1 is 1.00 bits per heavy atom. The van der Waals surface area contributed by atoms with E-state index in [-0.39, 0.29) is 0 Å². The van der Waals surface area contributed by atoms with Gasteiger partial charge in [0.2, 0.25) is 0 Å². The highest BCUT2D eigenvalue weighted by Crippen LogP contribution is 2.29. The number of H-pyrrole nitrogens is 1. The van der Waals surface area contributed by atoms with Crippen molar-refractivity contribution in [3.8, 4) is 22.5 Å². The van der Waals surface area contributed by atoms with Crippen molar-refractivity contribution in [2.45, 2.75) is 39.7 Å². The zero-order chi connectivity index (χ0) is 19.5. The summed E-state index contributed by atoms with van der Waals surface area (Å²) in [5, 5.41) is 18.9. The summed E-state index contributed by atoms with van der Waals surface area (Å²) in [6, 6.07) is 16.6. The molecular weight excluding hydrogens is 350 g/mol. The van der Waals surface area contributed by atoms with Crippen LogP contribution < -0.4 is 0 Å². The number of benzene rings is 2. The van der Waals surface area contributed by atoms with E-state index in [1.165, 1.54) is 5.56 Å². The van der Waals surface area contributed by atoms with Crippen molar-refractivity contribution in [3.05, 3.63) is 65.7 Å². The van der Waals surface area contributed by atoms with E-state index in [4.69, 9.17) is 0 Å². The van der Waals surface area contributed by atoms with Crippen LogP contribution in [0.1, 0.15) is 43.9 Å². The topological polar surface area (TPSA) is 85.2 Å². The Balaban J connectivity index is 1.61. The SMILES string of the molecule is CCc1nc(C(C)C)nn1Cc1ccc(-c2ccccc2-c2nnn[nH]2)cc1. The molecule has 7 heteroatoms. The number of hydrogen-bond acceptors (Lipinski definition) is 5. The lowest BCUT2D eigenvalue weighted by Gasteiger charge is -2.09. The van der Waals surface area contributed by atoms with Gasteiger partial charge in [0.05, 0.1) is 6.54 Å². The van der Waals surface area contributed by atoms with E-state index in [0.717, 1.165) is 41.3 Å². The Morgan fingerprint density at radius 2 is 1.75 bits per heavy atom. The Hall–Kier alpha value is -3.35. The minimum atomic E-state index is 0.330. The highest BCUT2D eigenvalue weighted by atomic mass is 15.5. The number of rotatable bonds is 6. The molecule has 2 aromatic heterocycles. The maximum absolute atomic E-state index is 4.68. The second-order valence-corrected chi connectivity index (χ2v) is 7.04. The number of aromatic amines is 1. The minimum absolute atomic E-state index is 0.330. The summed E-state index contributed by atoms with van der Waals surface area (Å²) in [6.45, 7) is 7.07. The van der Waals surface area contributed by atoms with E-state index in [1.54, 1.807) is 0 Å². The van der Waals surface area contributed by atoms with Gasteiger partial charge in [0.25, 0.3) is 0 Å². The number of nitrogens with one attached hydrogen (secondary N) is 1. The van der Waals surface area contributed by atoms with Crippen molar-refractivity contribution >= 4 is 0 Å². The molecule has 142 valence electrons. The molecule has 0 atom stereocenters. The lowest BCUT2D eigenvalue weighted by molar-refractivity contribution is 0.629. The number of hydrogen-bond donors (Lipinski definition) is 1. The molecule has 0 saturated heterocycles. The second-order valence-electron chi connectivity index (χ2n) is 7.04. The molecule has 0 saturated carbocycles. The fraction of sp³-hybridized carbons (Fsp3) is 0.286. The van der Waals surface area contributed by atoms with Crippen LogP contribution in [0.2, 0.25) is 0 Å². The molecule has 7 nitrogen and oxygen atoms in total. The third-order valence-corrected chi connectivity index (χ3v) is 4.72. The van der Waals surface area contributed by atoms with Crippen molar-refractivity contribution < 1.29 is 0 Å². The Labute approximate surface area is 163 Å². The van der Waals surface area contributed by atoms with E-state index < -0.39 is 0 Å². The molecule has 0 bridgehead atoms. The molecule has 0 unspecified atom stereocenters. The highest BCUT2D eigenvalue weighted by molar-refractivity contribution is 5.80. The number of tetrazole rings is 1. The number of aryl methyl sites for hydroxylation is 1. The fourth-order valence-electron chi connectivity index (χ4n) is 3.20. The van der Waals surface area contributed by atoms with E-state index in [0.29, 0.717) is 11.7 Å². The lowest BCUT2D eigenvalue weighted by Crippen LogP contribution is -2.06. The summed E-state index contributed by atoms with van der Waals surface area (Å²) >= 11 is 0. The molecule has 2 aromatic carbocycles. The van der Waals surface area contributed by atoms with Crippen LogP contribution in [0.4, 0.5) is 0 Å². The van der Waals surface area contributed by atoms with Gasteiger partial charge in [-0.25, -0.2) is 14.8 Å². The number of nitrogens with zero attached hydrogens (tertiary/aromatic N) is 6. The van der Waals surface area contributed by atoms with Crippen LogP contribution in [-0.2, 0) is 13.0 Å². The first-order valence-electron chi connectivity index (χ1n) is 9.51. The summed E-state index contributed by atoms with van der Waals surface area (Å²) in [7, 11) is 0. The van der Waals surface area contributed by atoms with E-state index >= 15 is 0 Å². The first-order chi connectivity index (χ1) is 13.7. The predicted octanol–water partition coefficient (Wildman–Crippen LogP) is 3.86. The number of aromatic nitrogens is 7. The van der Waals surface area contributed by atoms with Crippen LogP contribution in [0, 0.1) is 0 Å². The van der Waals surface area contributed by atoms with Gasteiger partial charge in [-0.2, -0.15) is 5.10 Å². The van der Waals surface area contributed by atoms with Crippen LogP contribution >= 0.6 is 0 Å². The third-order valence-electron chi connectivity index (χ3n) is 4.72. The monoisotopic (exact) mass is 373 g/mol. The zero-order valence-corrected chi connectivity index (χ0v) is 16.3. The van der Waals surface area contributed by atoms with Crippen molar-refractivity contribution in [1.29, 1.82) is 0 Å².